The minimum Gasteiger partial charge on any atom is -0.348 e. The number of nitrogens with one attached hydrogen (secondary N) is 2. The summed E-state index contributed by atoms with van der Waals surface area (Å²) in [7, 11) is 1.94. The van der Waals surface area contributed by atoms with E-state index < -0.39 is 0 Å². The number of aryl methyl sites for hydroxylation is 1. The molecule has 2 aromatic carbocycles. The van der Waals surface area contributed by atoms with Crippen LogP contribution >= 0.6 is 0 Å². The summed E-state index contributed by atoms with van der Waals surface area (Å²) >= 11 is 0. The molecule has 116 valence electrons. The Bertz CT molecular complexity index is 879. The molecule has 0 atom stereocenters. The van der Waals surface area contributed by atoms with E-state index in [1.165, 1.54) is 6.92 Å². The Labute approximate surface area is 133 Å². The lowest BCUT2D eigenvalue weighted by molar-refractivity contribution is 0.101. The lowest BCUT2D eigenvalue weighted by Gasteiger charge is -2.07. The number of Topliss-reactive ketones (excluding diaryl/α,β-unsaturated/α-hetero) is 1. The maximum atomic E-state index is 12.2. The number of benzene rings is 2. The van der Waals surface area contributed by atoms with E-state index in [2.05, 4.69) is 10.6 Å². The number of aromatic nitrogens is 1. The van der Waals surface area contributed by atoms with Gasteiger partial charge >= 0.3 is 6.03 Å². The lowest BCUT2D eigenvalue weighted by Crippen LogP contribution is -2.19. The highest BCUT2D eigenvalue weighted by atomic mass is 16.2. The zero-order valence-electron chi connectivity index (χ0n) is 13.0. The molecule has 0 saturated carbocycles. The van der Waals surface area contributed by atoms with Crippen LogP contribution in [0.1, 0.15) is 17.3 Å². The molecule has 0 saturated heterocycles. The van der Waals surface area contributed by atoms with Crippen LogP contribution in [0.25, 0.3) is 10.9 Å². The molecular formula is C18H17N3O2. The smallest absolute Gasteiger partial charge is 0.323 e. The van der Waals surface area contributed by atoms with Crippen LogP contribution in [0.2, 0.25) is 0 Å². The average molecular weight is 307 g/mol. The van der Waals surface area contributed by atoms with Crippen LogP contribution in [0, 0.1) is 0 Å². The molecule has 2 N–H and O–H groups in total. The van der Waals surface area contributed by atoms with Crippen molar-refractivity contribution in [1.82, 2.24) is 4.57 Å². The van der Waals surface area contributed by atoms with Gasteiger partial charge in [-0.2, -0.15) is 0 Å². The molecule has 0 unspecified atom stereocenters. The largest absolute Gasteiger partial charge is 0.348 e. The number of hydrogen-bond donors (Lipinski definition) is 2. The highest BCUT2D eigenvalue weighted by molar-refractivity contribution is 6.06. The molecule has 1 aromatic heterocycles. The number of carbonyl (C=O) groups is 2. The number of fused-ring (bicyclic) bond motifs is 1. The number of hydrogen-bond acceptors (Lipinski definition) is 2. The van der Waals surface area contributed by atoms with E-state index in [9.17, 15) is 9.59 Å². The topological polar surface area (TPSA) is 63.1 Å². The normalized spacial score (nSPS) is 10.5. The van der Waals surface area contributed by atoms with Gasteiger partial charge in [-0.25, -0.2) is 4.79 Å². The summed E-state index contributed by atoms with van der Waals surface area (Å²) in [6, 6.07) is 14.3. The molecule has 5 nitrogen and oxygen atoms in total. The molecule has 0 aliphatic heterocycles. The number of rotatable bonds is 3. The number of carbonyl (C=O) groups excluding carboxylic acids is 2. The lowest BCUT2D eigenvalue weighted by atomic mass is 10.1. The Morgan fingerprint density at radius 3 is 2.35 bits per heavy atom. The molecule has 3 aromatic rings. The Morgan fingerprint density at radius 2 is 1.65 bits per heavy atom. The Kier molecular flexibility index (Phi) is 3.85. The third-order valence-electron chi connectivity index (χ3n) is 3.69. The van der Waals surface area contributed by atoms with Crippen molar-refractivity contribution < 1.29 is 9.59 Å². The number of para-hydroxylation sites is 1. The summed E-state index contributed by atoms with van der Waals surface area (Å²) in [5.41, 5.74) is 3.05. The van der Waals surface area contributed by atoms with Crippen molar-refractivity contribution in [1.29, 1.82) is 0 Å². The van der Waals surface area contributed by atoms with Gasteiger partial charge in [0.25, 0.3) is 0 Å². The SMILES string of the molecule is CC(=O)c1ccc(NC(=O)Nc2cn(C)c3ccccc23)cc1. The van der Waals surface area contributed by atoms with Gasteiger partial charge in [-0.1, -0.05) is 18.2 Å². The molecule has 0 bridgehead atoms. The Balaban J connectivity index is 1.75. The number of nitrogens with zero attached hydrogens (tertiary/aromatic N) is 1. The second kappa shape index (κ2) is 5.96. The highest BCUT2D eigenvalue weighted by Crippen LogP contribution is 2.25. The molecule has 2 amide bonds. The fraction of sp³-hybridized carbons (Fsp3) is 0.111. The fourth-order valence-corrected chi connectivity index (χ4v) is 2.51. The van der Waals surface area contributed by atoms with Gasteiger partial charge in [0.15, 0.2) is 5.78 Å². The van der Waals surface area contributed by atoms with Crippen molar-refractivity contribution in [3.8, 4) is 0 Å². The van der Waals surface area contributed by atoms with Crippen LogP contribution in [0.4, 0.5) is 16.2 Å². The van der Waals surface area contributed by atoms with Gasteiger partial charge in [-0.15, -0.1) is 0 Å². The summed E-state index contributed by atoms with van der Waals surface area (Å²) in [6.45, 7) is 1.51. The number of ketones is 1. The van der Waals surface area contributed by atoms with E-state index in [1.54, 1.807) is 24.3 Å². The molecule has 5 heteroatoms. The van der Waals surface area contributed by atoms with Gasteiger partial charge in [0.1, 0.15) is 0 Å². The predicted molar refractivity (Wildman–Crippen MR) is 92.0 cm³/mol. The number of anilines is 2. The average Bonchev–Trinajstić information content (AvgIpc) is 2.84. The third-order valence-corrected chi connectivity index (χ3v) is 3.69. The van der Waals surface area contributed by atoms with Crippen LogP contribution in [-0.4, -0.2) is 16.4 Å². The van der Waals surface area contributed by atoms with E-state index in [4.69, 9.17) is 0 Å². The number of amides is 2. The van der Waals surface area contributed by atoms with Crippen LogP contribution in [0.5, 0.6) is 0 Å². The second-order valence-corrected chi connectivity index (χ2v) is 5.38. The van der Waals surface area contributed by atoms with E-state index in [0.29, 0.717) is 11.3 Å². The van der Waals surface area contributed by atoms with Crippen molar-refractivity contribution in [3.05, 3.63) is 60.3 Å². The predicted octanol–water partition coefficient (Wildman–Crippen LogP) is 4.02. The number of urea groups is 1. The summed E-state index contributed by atoms with van der Waals surface area (Å²) in [4.78, 5) is 23.4. The summed E-state index contributed by atoms with van der Waals surface area (Å²) in [6.07, 6.45) is 1.88. The van der Waals surface area contributed by atoms with Gasteiger partial charge in [-0.3, -0.25) is 4.79 Å². The van der Waals surface area contributed by atoms with Crippen LogP contribution < -0.4 is 10.6 Å². The molecule has 0 aliphatic carbocycles. The summed E-state index contributed by atoms with van der Waals surface area (Å²) < 4.78 is 1.96. The zero-order chi connectivity index (χ0) is 16.4. The first kappa shape index (κ1) is 14.8. The van der Waals surface area contributed by atoms with Crippen LogP contribution in [-0.2, 0) is 7.05 Å². The summed E-state index contributed by atoms with van der Waals surface area (Å²) in [5.74, 6) is -0.00300. The van der Waals surface area contributed by atoms with Crippen molar-refractivity contribution >= 4 is 34.1 Å². The summed E-state index contributed by atoms with van der Waals surface area (Å²) in [5, 5.41) is 6.60. The van der Waals surface area contributed by atoms with Crippen molar-refractivity contribution in [2.75, 3.05) is 10.6 Å². The second-order valence-electron chi connectivity index (χ2n) is 5.38. The molecule has 3 rings (SSSR count). The fourth-order valence-electron chi connectivity index (χ4n) is 2.51. The van der Waals surface area contributed by atoms with E-state index in [-0.39, 0.29) is 11.8 Å². The first-order valence-corrected chi connectivity index (χ1v) is 7.27. The molecular weight excluding hydrogens is 290 g/mol. The zero-order valence-corrected chi connectivity index (χ0v) is 13.0. The van der Waals surface area contributed by atoms with Gasteiger partial charge < -0.3 is 15.2 Å². The highest BCUT2D eigenvalue weighted by Gasteiger charge is 2.09. The maximum absolute atomic E-state index is 12.2. The quantitative estimate of drug-likeness (QED) is 0.718. The van der Waals surface area contributed by atoms with Gasteiger partial charge in [-0.05, 0) is 37.3 Å². The molecule has 0 aliphatic rings. The van der Waals surface area contributed by atoms with Gasteiger partial charge in [0.2, 0.25) is 0 Å². The molecule has 0 radical (unpaired) electrons. The van der Waals surface area contributed by atoms with Crippen LogP contribution in [0.3, 0.4) is 0 Å². The molecule has 0 spiro atoms. The van der Waals surface area contributed by atoms with Crippen molar-refractivity contribution in [3.63, 3.8) is 0 Å². The van der Waals surface area contributed by atoms with Gasteiger partial charge in [0.05, 0.1) is 5.69 Å². The van der Waals surface area contributed by atoms with Gasteiger partial charge in [0, 0.05) is 35.4 Å². The van der Waals surface area contributed by atoms with E-state index in [1.807, 2.05) is 42.1 Å². The van der Waals surface area contributed by atoms with E-state index >= 15 is 0 Å². The Morgan fingerprint density at radius 1 is 0.957 bits per heavy atom. The minimum absolute atomic E-state index is 0.00300. The maximum Gasteiger partial charge on any atom is 0.323 e. The van der Waals surface area contributed by atoms with Crippen molar-refractivity contribution in [2.24, 2.45) is 7.05 Å². The standard InChI is InChI=1S/C18H17N3O2/c1-12(22)13-7-9-14(10-8-13)19-18(23)20-16-11-21(2)17-6-4-3-5-15(16)17/h3-11H,1-2H3,(H2,19,20,23). The molecule has 0 fully saturated rings. The monoisotopic (exact) mass is 307 g/mol. The van der Waals surface area contributed by atoms with E-state index in [0.717, 1.165) is 16.6 Å². The Hall–Kier alpha value is -3.08. The molecule has 23 heavy (non-hydrogen) atoms. The molecule has 1 heterocycles. The van der Waals surface area contributed by atoms with Crippen LogP contribution in [0.15, 0.2) is 54.7 Å². The van der Waals surface area contributed by atoms with Crippen molar-refractivity contribution in [2.45, 2.75) is 6.92 Å². The third kappa shape index (κ3) is 3.08. The first-order valence-electron chi connectivity index (χ1n) is 7.27. The minimum atomic E-state index is -0.322. The first-order chi connectivity index (χ1) is 11.0.